The standard InChI is InChI=1S/C15H12ClN3S/c1-20-13-9-5-4-8-12(13)17-15-11-7-3-2-6-10(11)14(16)18-19-15/h2-9H,1H3,(H,17,19). The van der Waals surface area contributed by atoms with Gasteiger partial charge in [-0.1, -0.05) is 48.0 Å². The second kappa shape index (κ2) is 5.69. The summed E-state index contributed by atoms with van der Waals surface area (Å²) in [6.07, 6.45) is 2.05. The van der Waals surface area contributed by atoms with Gasteiger partial charge in [-0.25, -0.2) is 0 Å². The zero-order chi connectivity index (χ0) is 13.9. The second-order valence-electron chi connectivity index (χ2n) is 4.21. The monoisotopic (exact) mass is 301 g/mol. The smallest absolute Gasteiger partial charge is 0.161 e. The summed E-state index contributed by atoms with van der Waals surface area (Å²) in [7, 11) is 0. The van der Waals surface area contributed by atoms with Gasteiger partial charge in [-0.3, -0.25) is 0 Å². The summed E-state index contributed by atoms with van der Waals surface area (Å²) in [6, 6.07) is 15.9. The van der Waals surface area contributed by atoms with E-state index in [0.717, 1.165) is 21.4 Å². The van der Waals surface area contributed by atoms with Crippen molar-refractivity contribution in [3.63, 3.8) is 0 Å². The fraction of sp³-hybridized carbons (Fsp3) is 0.0667. The number of nitrogens with zero attached hydrogens (tertiary/aromatic N) is 2. The number of para-hydroxylation sites is 1. The molecule has 0 unspecified atom stereocenters. The molecule has 0 atom stereocenters. The average molecular weight is 302 g/mol. The molecule has 3 rings (SSSR count). The van der Waals surface area contributed by atoms with Crippen molar-refractivity contribution in [3.8, 4) is 0 Å². The molecule has 0 saturated heterocycles. The molecule has 3 nitrogen and oxygen atoms in total. The molecule has 1 N–H and O–H groups in total. The fourth-order valence-electron chi connectivity index (χ4n) is 2.04. The van der Waals surface area contributed by atoms with Crippen molar-refractivity contribution in [1.82, 2.24) is 10.2 Å². The molecule has 100 valence electrons. The SMILES string of the molecule is CSc1ccccc1Nc1nnc(Cl)c2ccccc12. The van der Waals surface area contributed by atoms with Crippen LogP contribution in [0, 0.1) is 0 Å². The Balaban J connectivity index is 2.09. The molecular formula is C15H12ClN3S. The van der Waals surface area contributed by atoms with Crippen molar-refractivity contribution >= 4 is 45.6 Å². The van der Waals surface area contributed by atoms with Gasteiger partial charge in [0.25, 0.3) is 0 Å². The van der Waals surface area contributed by atoms with E-state index < -0.39 is 0 Å². The first-order valence-electron chi connectivity index (χ1n) is 6.10. The minimum Gasteiger partial charge on any atom is -0.337 e. The van der Waals surface area contributed by atoms with Gasteiger partial charge in [0.1, 0.15) is 0 Å². The van der Waals surface area contributed by atoms with Crippen molar-refractivity contribution in [2.24, 2.45) is 0 Å². The third kappa shape index (κ3) is 2.44. The van der Waals surface area contributed by atoms with Gasteiger partial charge in [0.05, 0.1) is 5.69 Å². The molecule has 0 radical (unpaired) electrons. The lowest BCUT2D eigenvalue weighted by Crippen LogP contribution is -1.98. The Labute approximate surface area is 126 Å². The largest absolute Gasteiger partial charge is 0.337 e. The van der Waals surface area contributed by atoms with E-state index in [1.54, 1.807) is 11.8 Å². The molecule has 0 aliphatic rings. The molecule has 1 heterocycles. The highest BCUT2D eigenvalue weighted by atomic mass is 35.5. The van der Waals surface area contributed by atoms with E-state index in [9.17, 15) is 0 Å². The molecule has 0 spiro atoms. The van der Waals surface area contributed by atoms with E-state index in [1.165, 1.54) is 0 Å². The Kier molecular flexibility index (Phi) is 3.76. The Morgan fingerprint density at radius 2 is 1.65 bits per heavy atom. The lowest BCUT2D eigenvalue weighted by molar-refractivity contribution is 1.05. The van der Waals surface area contributed by atoms with E-state index in [1.807, 2.05) is 48.7 Å². The van der Waals surface area contributed by atoms with Crippen molar-refractivity contribution < 1.29 is 0 Å². The number of rotatable bonds is 3. The number of hydrogen-bond acceptors (Lipinski definition) is 4. The van der Waals surface area contributed by atoms with Crippen LogP contribution in [-0.4, -0.2) is 16.5 Å². The van der Waals surface area contributed by atoms with Crippen LogP contribution >= 0.6 is 23.4 Å². The molecule has 0 amide bonds. The Morgan fingerprint density at radius 3 is 2.45 bits per heavy atom. The van der Waals surface area contributed by atoms with Crippen molar-refractivity contribution in [1.29, 1.82) is 0 Å². The quantitative estimate of drug-likeness (QED) is 0.709. The number of thioether (sulfide) groups is 1. The molecule has 1 aromatic heterocycles. The molecule has 2 aromatic carbocycles. The minimum absolute atomic E-state index is 0.421. The number of aromatic nitrogens is 2. The lowest BCUT2D eigenvalue weighted by atomic mass is 10.2. The summed E-state index contributed by atoms with van der Waals surface area (Å²) in [6.45, 7) is 0. The Morgan fingerprint density at radius 1 is 0.950 bits per heavy atom. The van der Waals surface area contributed by atoms with E-state index in [0.29, 0.717) is 11.0 Å². The highest BCUT2D eigenvalue weighted by Crippen LogP contribution is 2.31. The van der Waals surface area contributed by atoms with Crippen LogP contribution in [0.5, 0.6) is 0 Å². The predicted molar refractivity (Wildman–Crippen MR) is 86.1 cm³/mol. The van der Waals surface area contributed by atoms with Gasteiger partial charge in [0, 0.05) is 15.7 Å². The molecule has 0 fully saturated rings. The van der Waals surface area contributed by atoms with Gasteiger partial charge in [-0.15, -0.1) is 22.0 Å². The summed E-state index contributed by atoms with van der Waals surface area (Å²) in [5, 5.41) is 13.8. The molecule has 0 aliphatic heterocycles. The van der Waals surface area contributed by atoms with Gasteiger partial charge < -0.3 is 5.32 Å². The van der Waals surface area contributed by atoms with E-state index >= 15 is 0 Å². The molecule has 0 bridgehead atoms. The Bertz CT molecular complexity index is 761. The molecule has 0 aliphatic carbocycles. The van der Waals surface area contributed by atoms with Crippen LogP contribution < -0.4 is 5.32 Å². The van der Waals surface area contributed by atoms with Gasteiger partial charge in [0.15, 0.2) is 11.0 Å². The van der Waals surface area contributed by atoms with Crippen LogP contribution in [0.1, 0.15) is 0 Å². The molecule has 5 heteroatoms. The fourth-order valence-corrected chi connectivity index (χ4v) is 2.80. The first-order chi connectivity index (χ1) is 9.79. The summed E-state index contributed by atoms with van der Waals surface area (Å²) in [4.78, 5) is 1.16. The van der Waals surface area contributed by atoms with Crippen molar-refractivity contribution in [2.45, 2.75) is 4.90 Å². The minimum atomic E-state index is 0.421. The summed E-state index contributed by atoms with van der Waals surface area (Å²) >= 11 is 7.77. The first kappa shape index (κ1) is 13.2. The lowest BCUT2D eigenvalue weighted by Gasteiger charge is -2.11. The maximum absolute atomic E-state index is 6.09. The first-order valence-corrected chi connectivity index (χ1v) is 7.71. The predicted octanol–water partition coefficient (Wildman–Crippen LogP) is 4.75. The van der Waals surface area contributed by atoms with E-state index in [2.05, 4.69) is 21.6 Å². The number of halogens is 1. The van der Waals surface area contributed by atoms with Gasteiger partial charge in [-0.2, -0.15) is 0 Å². The van der Waals surface area contributed by atoms with Crippen LogP contribution in [0.25, 0.3) is 10.8 Å². The van der Waals surface area contributed by atoms with Crippen LogP contribution in [0.3, 0.4) is 0 Å². The van der Waals surface area contributed by atoms with Crippen LogP contribution in [-0.2, 0) is 0 Å². The van der Waals surface area contributed by atoms with Crippen LogP contribution in [0.15, 0.2) is 53.4 Å². The molecule has 20 heavy (non-hydrogen) atoms. The van der Waals surface area contributed by atoms with Crippen LogP contribution in [0.4, 0.5) is 11.5 Å². The average Bonchev–Trinajstić information content (AvgIpc) is 2.51. The van der Waals surface area contributed by atoms with E-state index in [-0.39, 0.29) is 0 Å². The highest BCUT2D eigenvalue weighted by Gasteiger charge is 2.09. The number of hydrogen-bond donors (Lipinski definition) is 1. The molecule has 3 aromatic rings. The zero-order valence-electron chi connectivity index (χ0n) is 10.8. The Hall–Kier alpha value is -1.78. The summed E-state index contributed by atoms with van der Waals surface area (Å²) < 4.78 is 0. The zero-order valence-corrected chi connectivity index (χ0v) is 12.4. The van der Waals surface area contributed by atoms with Crippen molar-refractivity contribution in [2.75, 3.05) is 11.6 Å². The van der Waals surface area contributed by atoms with Gasteiger partial charge in [-0.05, 0) is 18.4 Å². The maximum Gasteiger partial charge on any atom is 0.161 e. The van der Waals surface area contributed by atoms with E-state index in [4.69, 9.17) is 11.6 Å². The maximum atomic E-state index is 6.09. The number of anilines is 2. The summed E-state index contributed by atoms with van der Waals surface area (Å²) in [5.74, 6) is 0.714. The number of benzene rings is 2. The van der Waals surface area contributed by atoms with Gasteiger partial charge >= 0.3 is 0 Å². The number of fused-ring (bicyclic) bond motifs is 1. The molecule has 0 saturated carbocycles. The van der Waals surface area contributed by atoms with Crippen molar-refractivity contribution in [3.05, 3.63) is 53.7 Å². The van der Waals surface area contributed by atoms with Crippen LogP contribution in [0.2, 0.25) is 5.15 Å². The highest BCUT2D eigenvalue weighted by molar-refractivity contribution is 7.98. The molecular weight excluding hydrogens is 290 g/mol. The number of nitrogens with one attached hydrogen (secondary N) is 1. The summed E-state index contributed by atoms with van der Waals surface area (Å²) in [5.41, 5.74) is 1.02. The topological polar surface area (TPSA) is 37.8 Å². The third-order valence-corrected chi connectivity index (χ3v) is 4.08. The normalized spacial score (nSPS) is 10.7. The third-order valence-electron chi connectivity index (χ3n) is 3.00. The van der Waals surface area contributed by atoms with Gasteiger partial charge in [0.2, 0.25) is 0 Å². The second-order valence-corrected chi connectivity index (χ2v) is 5.42.